The molecule has 1 N–H and O–H groups in total. The highest BCUT2D eigenvalue weighted by Gasteiger charge is 2.27. The molecule has 2 nitrogen and oxygen atoms in total. The first kappa shape index (κ1) is 15.1. The molecule has 15 heavy (non-hydrogen) atoms. The summed E-state index contributed by atoms with van der Waals surface area (Å²) < 4.78 is 40.2. The van der Waals surface area contributed by atoms with Crippen LogP contribution in [0.3, 0.4) is 0 Å². The third-order valence-corrected chi connectivity index (χ3v) is 2.62. The first-order valence-corrected chi connectivity index (χ1v) is 5.84. The zero-order valence-electron chi connectivity index (χ0n) is 9.06. The van der Waals surface area contributed by atoms with Crippen molar-refractivity contribution in [2.45, 2.75) is 18.9 Å². The van der Waals surface area contributed by atoms with Crippen molar-refractivity contribution in [1.29, 1.82) is 0 Å². The van der Waals surface area contributed by atoms with Crippen molar-refractivity contribution in [3.05, 3.63) is 0 Å². The van der Waals surface area contributed by atoms with Crippen molar-refractivity contribution in [3.63, 3.8) is 0 Å². The summed E-state index contributed by atoms with van der Waals surface area (Å²) in [5, 5.41) is 3.12. The third-order valence-electron chi connectivity index (χ3n) is 1.85. The molecule has 0 fully saturated rings. The van der Waals surface area contributed by atoms with Crippen LogP contribution in [0.1, 0.15) is 13.3 Å². The zero-order chi connectivity index (χ0) is 11.7. The smallest absolute Gasteiger partial charge is 0.383 e. The molecule has 0 heterocycles. The molecular weight excluding hydrogens is 227 g/mol. The lowest BCUT2D eigenvalue weighted by Crippen LogP contribution is -2.25. The van der Waals surface area contributed by atoms with E-state index in [-0.39, 0.29) is 23.4 Å². The fourth-order valence-electron chi connectivity index (χ4n) is 1.00. The summed E-state index contributed by atoms with van der Waals surface area (Å²) in [6.07, 6.45) is 0.574. The Morgan fingerprint density at radius 1 is 1.40 bits per heavy atom. The molecule has 6 heteroatoms. The van der Waals surface area contributed by atoms with Crippen molar-refractivity contribution in [2.75, 3.05) is 32.6 Å². The molecule has 1 atom stereocenters. The lowest BCUT2D eigenvalue weighted by atomic mass is 10.1. The highest BCUT2D eigenvalue weighted by atomic mass is 32.2. The summed E-state index contributed by atoms with van der Waals surface area (Å²) >= 11 is 0.0531. The number of rotatable bonds is 8. The van der Waals surface area contributed by atoms with Crippen LogP contribution in [0, 0.1) is 5.92 Å². The van der Waals surface area contributed by atoms with Crippen LogP contribution in [0.15, 0.2) is 0 Å². The van der Waals surface area contributed by atoms with Gasteiger partial charge in [0, 0.05) is 19.4 Å². The second kappa shape index (κ2) is 8.24. The van der Waals surface area contributed by atoms with Crippen LogP contribution in [0.25, 0.3) is 0 Å². The predicted molar refractivity (Wildman–Crippen MR) is 57.0 cm³/mol. The van der Waals surface area contributed by atoms with Gasteiger partial charge in [0.2, 0.25) is 0 Å². The molecule has 0 aliphatic carbocycles. The lowest BCUT2D eigenvalue weighted by molar-refractivity contribution is -0.0328. The molecule has 0 saturated carbocycles. The Hall–Kier alpha value is 0.0600. The summed E-state index contributed by atoms with van der Waals surface area (Å²) in [7, 11) is 1.62. The van der Waals surface area contributed by atoms with E-state index in [1.165, 1.54) is 0 Å². The van der Waals surface area contributed by atoms with Gasteiger partial charge in [0.25, 0.3) is 0 Å². The highest BCUT2D eigenvalue weighted by Crippen LogP contribution is 2.31. The van der Waals surface area contributed by atoms with Crippen molar-refractivity contribution in [3.8, 4) is 0 Å². The van der Waals surface area contributed by atoms with Crippen molar-refractivity contribution >= 4 is 11.8 Å². The monoisotopic (exact) mass is 245 g/mol. The Bertz CT molecular complexity index is 155. The minimum absolute atomic E-state index is 0.0531. The maximum Gasteiger partial charge on any atom is 0.441 e. The summed E-state index contributed by atoms with van der Waals surface area (Å²) in [5.41, 5.74) is -4.09. The van der Waals surface area contributed by atoms with Gasteiger partial charge in [-0.25, -0.2) is 0 Å². The van der Waals surface area contributed by atoms with E-state index in [0.29, 0.717) is 13.0 Å². The van der Waals surface area contributed by atoms with Gasteiger partial charge in [0.1, 0.15) is 0 Å². The zero-order valence-corrected chi connectivity index (χ0v) is 9.88. The molecule has 0 aliphatic rings. The highest BCUT2D eigenvalue weighted by molar-refractivity contribution is 8.00. The topological polar surface area (TPSA) is 21.3 Å². The second-order valence-electron chi connectivity index (χ2n) is 3.38. The first-order chi connectivity index (χ1) is 6.95. The molecule has 0 aromatic heterocycles. The van der Waals surface area contributed by atoms with Gasteiger partial charge in [-0.05, 0) is 18.9 Å². The van der Waals surface area contributed by atoms with Crippen LogP contribution in [-0.4, -0.2) is 38.1 Å². The van der Waals surface area contributed by atoms with Crippen molar-refractivity contribution in [2.24, 2.45) is 5.92 Å². The Balaban J connectivity index is 3.29. The molecule has 0 bridgehead atoms. The summed E-state index contributed by atoms with van der Waals surface area (Å²) in [4.78, 5) is 0. The molecule has 0 aromatic rings. The van der Waals surface area contributed by atoms with Crippen LogP contribution < -0.4 is 5.32 Å². The van der Waals surface area contributed by atoms with Crippen molar-refractivity contribution < 1.29 is 17.9 Å². The summed E-state index contributed by atoms with van der Waals surface area (Å²) in [6, 6.07) is 0. The Morgan fingerprint density at radius 2 is 2.07 bits per heavy atom. The van der Waals surface area contributed by atoms with Gasteiger partial charge in [-0.1, -0.05) is 18.7 Å². The number of thioether (sulfide) groups is 1. The van der Waals surface area contributed by atoms with E-state index >= 15 is 0 Å². The SMILES string of the molecule is COCCNCC(C)CCSC(F)(F)F. The maximum atomic E-state index is 11.8. The van der Waals surface area contributed by atoms with E-state index in [9.17, 15) is 13.2 Å². The average molecular weight is 245 g/mol. The van der Waals surface area contributed by atoms with E-state index in [4.69, 9.17) is 4.74 Å². The minimum atomic E-state index is -4.09. The largest absolute Gasteiger partial charge is 0.441 e. The van der Waals surface area contributed by atoms with Gasteiger partial charge >= 0.3 is 5.51 Å². The standard InChI is InChI=1S/C9H18F3NOS/c1-8(7-13-4-5-14-2)3-6-15-9(10,11)12/h8,13H,3-7H2,1-2H3. The number of nitrogens with one attached hydrogen (secondary N) is 1. The number of ether oxygens (including phenoxy) is 1. The van der Waals surface area contributed by atoms with E-state index in [1.807, 2.05) is 6.92 Å². The van der Waals surface area contributed by atoms with E-state index in [1.54, 1.807) is 7.11 Å². The molecule has 0 spiro atoms. The molecule has 0 aliphatic heterocycles. The van der Waals surface area contributed by atoms with Gasteiger partial charge in [-0.3, -0.25) is 0 Å². The van der Waals surface area contributed by atoms with E-state index in [2.05, 4.69) is 5.32 Å². The first-order valence-electron chi connectivity index (χ1n) is 4.86. The average Bonchev–Trinajstić information content (AvgIpc) is 2.10. The number of alkyl halides is 3. The molecule has 0 rings (SSSR count). The summed E-state index contributed by atoms with van der Waals surface area (Å²) in [5.74, 6) is 0.396. The summed E-state index contributed by atoms with van der Waals surface area (Å²) in [6.45, 7) is 4.05. The molecule has 0 amide bonds. The Morgan fingerprint density at radius 3 is 2.60 bits per heavy atom. The van der Waals surface area contributed by atoms with Gasteiger partial charge < -0.3 is 10.1 Å². The Kier molecular flexibility index (Phi) is 8.27. The maximum absolute atomic E-state index is 11.8. The van der Waals surface area contributed by atoms with E-state index in [0.717, 1.165) is 13.1 Å². The third kappa shape index (κ3) is 12.0. The number of methoxy groups -OCH3 is 1. The molecule has 0 radical (unpaired) electrons. The van der Waals surface area contributed by atoms with Crippen molar-refractivity contribution in [1.82, 2.24) is 5.32 Å². The fraction of sp³-hybridized carbons (Fsp3) is 1.00. The predicted octanol–water partition coefficient (Wildman–Crippen LogP) is 2.50. The molecule has 0 saturated heterocycles. The molecule has 92 valence electrons. The molecule has 0 aromatic carbocycles. The number of hydrogen-bond donors (Lipinski definition) is 1. The van der Waals surface area contributed by atoms with E-state index < -0.39 is 5.51 Å². The Labute approximate surface area is 92.9 Å². The quantitative estimate of drug-likeness (QED) is 0.664. The lowest BCUT2D eigenvalue weighted by Gasteiger charge is -2.12. The second-order valence-corrected chi connectivity index (χ2v) is 4.54. The van der Waals surface area contributed by atoms with Gasteiger partial charge in [-0.2, -0.15) is 13.2 Å². The minimum Gasteiger partial charge on any atom is -0.383 e. The molecule has 1 unspecified atom stereocenters. The van der Waals surface area contributed by atoms with Crippen LogP contribution in [0.2, 0.25) is 0 Å². The van der Waals surface area contributed by atoms with Gasteiger partial charge in [-0.15, -0.1) is 0 Å². The number of halogens is 3. The van der Waals surface area contributed by atoms with Gasteiger partial charge in [0.15, 0.2) is 0 Å². The molecular formula is C9H18F3NOS. The fourth-order valence-corrected chi connectivity index (χ4v) is 1.75. The van der Waals surface area contributed by atoms with Crippen LogP contribution >= 0.6 is 11.8 Å². The normalized spacial score (nSPS) is 14.2. The van der Waals surface area contributed by atoms with Gasteiger partial charge in [0.05, 0.1) is 6.61 Å². The van der Waals surface area contributed by atoms with Crippen LogP contribution in [0.4, 0.5) is 13.2 Å². The van der Waals surface area contributed by atoms with Crippen LogP contribution in [-0.2, 0) is 4.74 Å². The number of hydrogen-bond acceptors (Lipinski definition) is 3. The van der Waals surface area contributed by atoms with Crippen LogP contribution in [0.5, 0.6) is 0 Å².